The number of hydrogen-bond donors (Lipinski definition) is 1. The molecule has 1 aromatic rings. The van der Waals surface area contributed by atoms with E-state index in [4.69, 9.17) is 4.74 Å². The molecule has 0 aromatic carbocycles. The highest BCUT2D eigenvalue weighted by Crippen LogP contribution is 2.09. The molecule has 1 aliphatic heterocycles. The van der Waals surface area contributed by atoms with Gasteiger partial charge >= 0.3 is 0 Å². The van der Waals surface area contributed by atoms with E-state index in [0.29, 0.717) is 5.69 Å². The van der Waals surface area contributed by atoms with Crippen molar-refractivity contribution >= 4 is 5.78 Å². The molecule has 0 aliphatic carbocycles. The highest BCUT2D eigenvalue weighted by molar-refractivity contribution is 5.95. The van der Waals surface area contributed by atoms with Crippen LogP contribution >= 0.6 is 0 Å². The van der Waals surface area contributed by atoms with Gasteiger partial charge in [-0.1, -0.05) is 6.92 Å². The van der Waals surface area contributed by atoms with Crippen LogP contribution < -0.4 is 5.32 Å². The van der Waals surface area contributed by atoms with Gasteiger partial charge in [-0.05, 0) is 38.4 Å². The number of ether oxygens (including phenoxy) is 1. The Balaban J connectivity index is 1.84. The summed E-state index contributed by atoms with van der Waals surface area (Å²) in [7, 11) is 0. The molecule has 0 bridgehead atoms. The van der Waals surface area contributed by atoms with Crippen molar-refractivity contribution in [1.29, 1.82) is 0 Å². The zero-order chi connectivity index (χ0) is 12.8. The summed E-state index contributed by atoms with van der Waals surface area (Å²) in [6, 6.07) is 1.77. The second-order valence-electron chi connectivity index (χ2n) is 4.62. The van der Waals surface area contributed by atoms with Crippen molar-refractivity contribution in [3.05, 3.63) is 18.0 Å². The number of Topliss-reactive ketones (excluding diaryl/α,β-unsaturated/α-hetero) is 1. The van der Waals surface area contributed by atoms with E-state index in [9.17, 15) is 4.79 Å². The Hall–Kier alpha value is -1.20. The molecule has 0 saturated carbocycles. The fraction of sp³-hybridized carbons (Fsp3) is 0.692. The number of carbonyl (C=O) groups is 1. The summed E-state index contributed by atoms with van der Waals surface area (Å²) in [6.45, 7) is 4.97. The monoisotopic (exact) mass is 251 g/mol. The second kappa shape index (κ2) is 6.66. The number of nitrogens with zero attached hydrogens (tertiary/aromatic N) is 2. The first-order chi connectivity index (χ1) is 8.81. The summed E-state index contributed by atoms with van der Waals surface area (Å²) in [6.07, 6.45) is 4.84. The van der Waals surface area contributed by atoms with Crippen LogP contribution in [-0.4, -0.2) is 41.4 Å². The van der Waals surface area contributed by atoms with Crippen molar-refractivity contribution in [2.45, 2.75) is 38.8 Å². The lowest BCUT2D eigenvalue weighted by Crippen LogP contribution is -2.33. The van der Waals surface area contributed by atoms with Crippen molar-refractivity contribution in [3.63, 3.8) is 0 Å². The standard InChI is InChI=1S/C13H21N3O2/c1-2-9-16-12(5-8-15-16)13(17)10-18-11-3-6-14-7-4-11/h5,8,11,14H,2-4,6-7,9-10H2,1H3. The Kier molecular flexibility index (Phi) is 4.90. The van der Waals surface area contributed by atoms with Gasteiger partial charge in [0.1, 0.15) is 12.3 Å². The molecule has 0 amide bonds. The number of aromatic nitrogens is 2. The predicted molar refractivity (Wildman–Crippen MR) is 68.7 cm³/mol. The molecule has 2 heterocycles. The maximum absolute atomic E-state index is 12.0. The normalized spacial score (nSPS) is 16.9. The predicted octanol–water partition coefficient (Wildman–Crippen LogP) is 1.24. The number of nitrogens with one attached hydrogen (secondary N) is 1. The van der Waals surface area contributed by atoms with Gasteiger partial charge in [-0.2, -0.15) is 5.10 Å². The Morgan fingerprint density at radius 3 is 3.06 bits per heavy atom. The maximum atomic E-state index is 12.0. The number of aryl methyl sites for hydroxylation is 1. The SMILES string of the molecule is CCCn1nccc1C(=O)COC1CCNCC1. The lowest BCUT2D eigenvalue weighted by Gasteiger charge is -2.22. The number of rotatable bonds is 6. The first-order valence-electron chi connectivity index (χ1n) is 6.68. The molecule has 18 heavy (non-hydrogen) atoms. The minimum Gasteiger partial charge on any atom is -0.370 e. The van der Waals surface area contributed by atoms with Crippen LogP contribution in [0.4, 0.5) is 0 Å². The summed E-state index contributed by atoms with van der Waals surface area (Å²) in [5, 5.41) is 7.43. The molecule has 1 aliphatic rings. The molecule has 0 radical (unpaired) electrons. The number of piperidine rings is 1. The highest BCUT2D eigenvalue weighted by atomic mass is 16.5. The van der Waals surface area contributed by atoms with Gasteiger partial charge in [0.25, 0.3) is 0 Å². The summed E-state index contributed by atoms with van der Waals surface area (Å²) >= 11 is 0. The molecular weight excluding hydrogens is 230 g/mol. The second-order valence-corrected chi connectivity index (χ2v) is 4.62. The van der Waals surface area contributed by atoms with E-state index in [0.717, 1.165) is 38.9 Å². The van der Waals surface area contributed by atoms with Gasteiger partial charge in [-0.3, -0.25) is 9.48 Å². The van der Waals surface area contributed by atoms with Crippen molar-refractivity contribution in [2.75, 3.05) is 19.7 Å². The highest BCUT2D eigenvalue weighted by Gasteiger charge is 2.17. The quantitative estimate of drug-likeness (QED) is 0.773. The topological polar surface area (TPSA) is 56.2 Å². The number of ketones is 1. The maximum Gasteiger partial charge on any atom is 0.206 e. The fourth-order valence-electron chi connectivity index (χ4n) is 2.19. The van der Waals surface area contributed by atoms with E-state index in [2.05, 4.69) is 17.3 Å². The van der Waals surface area contributed by atoms with Crippen molar-refractivity contribution in [2.24, 2.45) is 0 Å². The van der Waals surface area contributed by atoms with Crippen molar-refractivity contribution in [3.8, 4) is 0 Å². The van der Waals surface area contributed by atoms with E-state index in [-0.39, 0.29) is 18.5 Å². The average Bonchev–Trinajstić information content (AvgIpc) is 2.86. The summed E-state index contributed by atoms with van der Waals surface area (Å²) < 4.78 is 7.43. The largest absolute Gasteiger partial charge is 0.370 e. The van der Waals surface area contributed by atoms with E-state index >= 15 is 0 Å². The summed E-state index contributed by atoms with van der Waals surface area (Å²) in [5.74, 6) is 0.0273. The van der Waals surface area contributed by atoms with Crippen LogP contribution in [-0.2, 0) is 11.3 Å². The van der Waals surface area contributed by atoms with Crippen LogP contribution in [0.25, 0.3) is 0 Å². The average molecular weight is 251 g/mol. The Morgan fingerprint density at radius 2 is 2.33 bits per heavy atom. The van der Waals surface area contributed by atoms with Crippen LogP contribution in [0.15, 0.2) is 12.3 Å². The minimum atomic E-state index is 0.0273. The molecule has 0 spiro atoms. The smallest absolute Gasteiger partial charge is 0.206 e. The lowest BCUT2D eigenvalue weighted by molar-refractivity contribution is 0.0312. The van der Waals surface area contributed by atoms with Crippen LogP contribution in [0, 0.1) is 0 Å². The third kappa shape index (κ3) is 3.40. The van der Waals surface area contributed by atoms with E-state index in [1.54, 1.807) is 16.9 Å². The van der Waals surface area contributed by atoms with Crippen molar-refractivity contribution in [1.82, 2.24) is 15.1 Å². The lowest BCUT2D eigenvalue weighted by atomic mass is 10.1. The molecule has 2 rings (SSSR count). The van der Waals surface area contributed by atoms with E-state index in [1.165, 1.54) is 0 Å². The number of hydrogen-bond acceptors (Lipinski definition) is 4. The van der Waals surface area contributed by atoms with E-state index < -0.39 is 0 Å². The molecule has 5 nitrogen and oxygen atoms in total. The van der Waals surface area contributed by atoms with Gasteiger partial charge < -0.3 is 10.1 Å². The Labute approximate surface area is 108 Å². The molecule has 1 aromatic heterocycles. The van der Waals surface area contributed by atoms with Gasteiger partial charge in [0.15, 0.2) is 0 Å². The Morgan fingerprint density at radius 1 is 1.56 bits per heavy atom. The van der Waals surface area contributed by atoms with Gasteiger partial charge in [0.05, 0.1) is 6.10 Å². The molecule has 5 heteroatoms. The zero-order valence-corrected chi connectivity index (χ0v) is 10.9. The van der Waals surface area contributed by atoms with Gasteiger partial charge in [0, 0.05) is 12.7 Å². The number of carbonyl (C=O) groups excluding carboxylic acids is 1. The molecular formula is C13H21N3O2. The van der Waals surface area contributed by atoms with Gasteiger partial charge in [-0.15, -0.1) is 0 Å². The van der Waals surface area contributed by atoms with Gasteiger partial charge in [-0.25, -0.2) is 0 Å². The minimum absolute atomic E-state index is 0.0273. The third-order valence-electron chi connectivity index (χ3n) is 3.17. The van der Waals surface area contributed by atoms with Gasteiger partial charge in [0.2, 0.25) is 5.78 Å². The van der Waals surface area contributed by atoms with Crippen LogP contribution in [0.3, 0.4) is 0 Å². The van der Waals surface area contributed by atoms with Crippen LogP contribution in [0.1, 0.15) is 36.7 Å². The van der Waals surface area contributed by atoms with Crippen LogP contribution in [0.5, 0.6) is 0 Å². The Bertz CT molecular complexity index is 383. The van der Waals surface area contributed by atoms with E-state index in [1.807, 2.05) is 0 Å². The van der Waals surface area contributed by atoms with Crippen LogP contribution in [0.2, 0.25) is 0 Å². The molecule has 100 valence electrons. The molecule has 1 N–H and O–H groups in total. The molecule has 1 fully saturated rings. The van der Waals surface area contributed by atoms with Crippen molar-refractivity contribution < 1.29 is 9.53 Å². The zero-order valence-electron chi connectivity index (χ0n) is 10.9. The fourth-order valence-corrected chi connectivity index (χ4v) is 2.19. The first kappa shape index (κ1) is 13.2. The summed E-state index contributed by atoms with van der Waals surface area (Å²) in [4.78, 5) is 12.0. The molecule has 0 unspecified atom stereocenters. The first-order valence-corrected chi connectivity index (χ1v) is 6.68. The summed E-state index contributed by atoms with van der Waals surface area (Å²) in [5.41, 5.74) is 0.658. The molecule has 1 saturated heterocycles. The molecule has 0 atom stereocenters. The third-order valence-corrected chi connectivity index (χ3v) is 3.17.